The van der Waals surface area contributed by atoms with Gasteiger partial charge in [0.1, 0.15) is 0 Å². The fourth-order valence-corrected chi connectivity index (χ4v) is 2.34. The first-order valence-electron chi connectivity index (χ1n) is 5.73. The molecule has 100 valence electrons. The topological polar surface area (TPSA) is 72.6 Å². The molecule has 0 unspecified atom stereocenters. The predicted octanol–water partition coefficient (Wildman–Crippen LogP) is 2.77. The van der Waals surface area contributed by atoms with Gasteiger partial charge in [0.05, 0.1) is 18.1 Å². The van der Waals surface area contributed by atoms with Gasteiger partial charge in [0.25, 0.3) is 0 Å². The second kappa shape index (κ2) is 6.31. The minimum atomic E-state index is -0.485. The maximum atomic E-state index is 10.9. The lowest BCUT2D eigenvalue weighted by molar-refractivity contribution is -0.385. The van der Waals surface area contributed by atoms with Gasteiger partial charge < -0.3 is 9.84 Å². The van der Waals surface area contributed by atoms with Gasteiger partial charge in [-0.2, -0.15) is 11.3 Å². The maximum absolute atomic E-state index is 10.9. The van der Waals surface area contributed by atoms with E-state index in [1.54, 1.807) is 11.3 Å². The average Bonchev–Trinajstić information content (AvgIpc) is 2.91. The lowest BCUT2D eigenvalue weighted by Crippen LogP contribution is -2.03. The molecule has 0 aliphatic carbocycles. The minimum absolute atomic E-state index is 0.0810. The van der Waals surface area contributed by atoms with E-state index in [4.69, 9.17) is 9.84 Å². The highest BCUT2D eigenvalue weighted by molar-refractivity contribution is 7.07. The molecule has 0 fully saturated rings. The first kappa shape index (κ1) is 13.5. The van der Waals surface area contributed by atoms with Crippen molar-refractivity contribution in [3.8, 4) is 5.75 Å². The lowest BCUT2D eigenvalue weighted by Gasteiger charge is -2.07. The number of hydrogen-bond donors (Lipinski definition) is 1. The zero-order valence-corrected chi connectivity index (χ0v) is 10.9. The summed E-state index contributed by atoms with van der Waals surface area (Å²) in [4.78, 5) is 10.4. The van der Waals surface area contributed by atoms with Gasteiger partial charge in [-0.3, -0.25) is 10.1 Å². The van der Waals surface area contributed by atoms with Crippen LogP contribution in [0.1, 0.15) is 11.1 Å². The minimum Gasteiger partial charge on any atom is -0.486 e. The van der Waals surface area contributed by atoms with Gasteiger partial charge in [0, 0.05) is 12.5 Å². The van der Waals surface area contributed by atoms with Crippen molar-refractivity contribution in [1.29, 1.82) is 0 Å². The Morgan fingerprint density at radius 3 is 2.79 bits per heavy atom. The number of thiophene rings is 1. The van der Waals surface area contributed by atoms with Gasteiger partial charge in [0.2, 0.25) is 0 Å². The van der Waals surface area contributed by atoms with Gasteiger partial charge in [-0.05, 0) is 40.1 Å². The number of aliphatic hydroxyl groups excluding tert-OH is 1. The number of benzene rings is 1. The van der Waals surface area contributed by atoms with Crippen molar-refractivity contribution in [2.75, 3.05) is 6.61 Å². The van der Waals surface area contributed by atoms with Crippen molar-refractivity contribution in [3.05, 3.63) is 56.3 Å². The molecule has 0 saturated carbocycles. The molecule has 2 aromatic rings. The van der Waals surface area contributed by atoms with Crippen molar-refractivity contribution in [3.63, 3.8) is 0 Å². The molecule has 0 aliphatic rings. The molecule has 1 heterocycles. The molecular formula is C13H13NO4S. The number of hydrogen-bond acceptors (Lipinski definition) is 5. The van der Waals surface area contributed by atoms with E-state index < -0.39 is 4.92 Å². The van der Waals surface area contributed by atoms with E-state index in [1.165, 1.54) is 18.2 Å². The third-order valence-corrected chi connectivity index (χ3v) is 3.36. The van der Waals surface area contributed by atoms with Gasteiger partial charge in [-0.15, -0.1) is 0 Å². The Morgan fingerprint density at radius 1 is 1.32 bits per heavy atom. The molecule has 6 heteroatoms. The summed E-state index contributed by atoms with van der Waals surface area (Å²) in [6, 6.07) is 6.37. The Morgan fingerprint density at radius 2 is 2.16 bits per heavy atom. The van der Waals surface area contributed by atoms with Gasteiger partial charge in [-0.1, -0.05) is 0 Å². The summed E-state index contributed by atoms with van der Waals surface area (Å²) in [5.74, 6) is 0.201. The van der Waals surface area contributed by atoms with Crippen LogP contribution in [0.2, 0.25) is 0 Å². The van der Waals surface area contributed by atoms with Crippen molar-refractivity contribution in [2.24, 2.45) is 0 Å². The van der Waals surface area contributed by atoms with E-state index in [1.807, 2.05) is 16.8 Å². The highest BCUT2D eigenvalue weighted by Crippen LogP contribution is 2.28. The van der Waals surface area contributed by atoms with E-state index in [9.17, 15) is 10.1 Å². The molecule has 0 saturated heterocycles. The lowest BCUT2D eigenvalue weighted by atomic mass is 10.2. The molecule has 1 aromatic heterocycles. The van der Waals surface area contributed by atoms with Gasteiger partial charge in [0.15, 0.2) is 5.75 Å². The molecule has 0 spiro atoms. The number of ether oxygens (including phenoxy) is 1. The molecular weight excluding hydrogens is 266 g/mol. The molecule has 0 aliphatic heterocycles. The summed E-state index contributed by atoms with van der Waals surface area (Å²) >= 11 is 1.60. The number of nitro benzene ring substituents is 1. The van der Waals surface area contributed by atoms with E-state index in [-0.39, 0.29) is 18.0 Å². The van der Waals surface area contributed by atoms with E-state index >= 15 is 0 Å². The summed E-state index contributed by atoms with van der Waals surface area (Å²) in [5.41, 5.74) is 1.66. The third kappa shape index (κ3) is 3.52. The monoisotopic (exact) mass is 279 g/mol. The summed E-state index contributed by atoms with van der Waals surface area (Å²) in [7, 11) is 0. The molecule has 1 aromatic carbocycles. The number of nitrogens with zero attached hydrogens (tertiary/aromatic N) is 1. The first-order valence-corrected chi connectivity index (χ1v) is 6.67. The second-order valence-corrected chi connectivity index (χ2v) is 4.73. The van der Waals surface area contributed by atoms with Crippen LogP contribution >= 0.6 is 11.3 Å². The summed E-state index contributed by atoms with van der Waals surface area (Å²) in [6.07, 6.45) is 0.698. The highest BCUT2D eigenvalue weighted by Gasteiger charge is 2.15. The van der Waals surface area contributed by atoms with Gasteiger partial charge in [-0.25, -0.2) is 0 Å². The van der Waals surface area contributed by atoms with Crippen LogP contribution in [-0.4, -0.2) is 16.6 Å². The Balaban J connectivity index is 2.06. The number of rotatable bonds is 6. The Hall–Kier alpha value is -1.92. The SMILES string of the molecule is O=[N+]([O-])c1ccc(CO)cc1OCCc1ccsc1. The van der Waals surface area contributed by atoms with Crippen LogP contribution in [-0.2, 0) is 13.0 Å². The molecule has 0 radical (unpaired) electrons. The zero-order chi connectivity index (χ0) is 13.7. The van der Waals surface area contributed by atoms with E-state index in [2.05, 4.69) is 0 Å². The zero-order valence-electron chi connectivity index (χ0n) is 10.1. The molecule has 19 heavy (non-hydrogen) atoms. The number of nitro groups is 1. The fourth-order valence-electron chi connectivity index (χ4n) is 1.64. The van der Waals surface area contributed by atoms with E-state index in [0.29, 0.717) is 18.6 Å². The van der Waals surface area contributed by atoms with Crippen LogP contribution in [0.4, 0.5) is 5.69 Å². The summed E-state index contributed by atoms with van der Waals surface area (Å²) in [5, 5.41) is 23.9. The normalized spacial score (nSPS) is 10.4. The van der Waals surface area contributed by atoms with Crippen LogP contribution in [0.25, 0.3) is 0 Å². The Kier molecular flexibility index (Phi) is 4.48. The van der Waals surface area contributed by atoms with E-state index in [0.717, 1.165) is 5.56 Å². The molecule has 2 rings (SSSR count). The number of aliphatic hydroxyl groups is 1. The van der Waals surface area contributed by atoms with Crippen molar-refractivity contribution in [2.45, 2.75) is 13.0 Å². The third-order valence-electron chi connectivity index (χ3n) is 2.63. The highest BCUT2D eigenvalue weighted by atomic mass is 32.1. The molecule has 0 atom stereocenters. The van der Waals surface area contributed by atoms with Crippen LogP contribution in [0.15, 0.2) is 35.0 Å². The smallest absolute Gasteiger partial charge is 0.310 e. The standard InChI is InChI=1S/C13H13NO4S/c15-8-11-1-2-12(14(16)17)13(7-11)18-5-3-10-4-6-19-9-10/h1-2,4,6-7,9,15H,3,5,8H2. The van der Waals surface area contributed by atoms with Crippen molar-refractivity contribution < 1.29 is 14.8 Å². The van der Waals surface area contributed by atoms with Gasteiger partial charge >= 0.3 is 5.69 Å². The fraction of sp³-hybridized carbons (Fsp3) is 0.231. The second-order valence-electron chi connectivity index (χ2n) is 3.95. The molecule has 1 N–H and O–H groups in total. The van der Waals surface area contributed by atoms with Crippen LogP contribution in [0.3, 0.4) is 0 Å². The first-order chi connectivity index (χ1) is 9.20. The molecule has 0 bridgehead atoms. The quantitative estimate of drug-likeness (QED) is 0.652. The Bertz CT molecular complexity index is 554. The predicted molar refractivity (Wildman–Crippen MR) is 72.5 cm³/mol. The summed E-state index contributed by atoms with van der Waals surface area (Å²) < 4.78 is 5.47. The van der Waals surface area contributed by atoms with Crippen LogP contribution in [0.5, 0.6) is 5.75 Å². The van der Waals surface area contributed by atoms with Crippen LogP contribution in [0, 0.1) is 10.1 Å². The maximum Gasteiger partial charge on any atom is 0.310 e. The molecule has 5 nitrogen and oxygen atoms in total. The van der Waals surface area contributed by atoms with Crippen molar-refractivity contribution >= 4 is 17.0 Å². The van der Waals surface area contributed by atoms with Crippen molar-refractivity contribution in [1.82, 2.24) is 0 Å². The van der Waals surface area contributed by atoms with Crippen LogP contribution < -0.4 is 4.74 Å². The summed E-state index contributed by atoms with van der Waals surface area (Å²) in [6.45, 7) is 0.200. The largest absolute Gasteiger partial charge is 0.486 e. The Labute approximate surface area is 114 Å². The average molecular weight is 279 g/mol. The molecule has 0 amide bonds.